The minimum absolute atomic E-state index is 0.0584. The summed E-state index contributed by atoms with van der Waals surface area (Å²) in [5.41, 5.74) is 4.21. The second kappa shape index (κ2) is 8.54. The first-order valence-electron chi connectivity index (χ1n) is 7.87. The third kappa shape index (κ3) is 4.72. The van der Waals surface area contributed by atoms with Gasteiger partial charge in [0.2, 0.25) is 0 Å². The fourth-order valence-electron chi connectivity index (χ4n) is 2.32. The zero-order valence-electron chi connectivity index (χ0n) is 14.0. The maximum absolute atomic E-state index is 12.2. The first-order chi connectivity index (χ1) is 11.6. The molecule has 0 radical (unpaired) electrons. The van der Waals surface area contributed by atoms with Gasteiger partial charge in [0.05, 0.1) is 0 Å². The maximum atomic E-state index is 12.2. The highest BCUT2D eigenvalue weighted by Gasteiger charge is 2.10. The second-order valence-corrected chi connectivity index (χ2v) is 5.57. The van der Waals surface area contributed by atoms with E-state index in [0.717, 1.165) is 12.0 Å². The summed E-state index contributed by atoms with van der Waals surface area (Å²) >= 11 is 0. The standard InChI is InChI=1S/C20H21N3O/c1-15-7-3-5-9-17(15)11-12-22-14-18(13-21)20(24)23-19-10-6-4-8-16(19)2/h3-10,14,22H,11-12H2,1-2H3,(H,23,24)/b18-14-. The molecule has 0 aliphatic carbocycles. The predicted octanol–water partition coefficient (Wildman–Crippen LogP) is 3.48. The molecule has 24 heavy (non-hydrogen) atoms. The summed E-state index contributed by atoms with van der Waals surface area (Å²) < 4.78 is 0. The van der Waals surface area contributed by atoms with Crippen molar-refractivity contribution in [3.63, 3.8) is 0 Å². The molecule has 0 aliphatic heterocycles. The SMILES string of the molecule is Cc1ccccc1CCN/C=C(/C#N)C(=O)Nc1ccccc1C. The van der Waals surface area contributed by atoms with E-state index in [1.165, 1.54) is 17.3 Å². The third-order valence-corrected chi connectivity index (χ3v) is 3.80. The number of carbonyl (C=O) groups is 1. The van der Waals surface area contributed by atoms with Crippen molar-refractivity contribution in [2.45, 2.75) is 20.3 Å². The third-order valence-electron chi connectivity index (χ3n) is 3.80. The molecule has 0 aromatic heterocycles. The Morgan fingerprint density at radius 1 is 1.08 bits per heavy atom. The highest BCUT2D eigenvalue weighted by Crippen LogP contribution is 2.14. The van der Waals surface area contributed by atoms with Gasteiger partial charge in [-0.15, -0.1) is 0 Å². The van der Waals surface area contributed by atoms with Gasteiger partial charge in [-0.3, -0.25) is 4.79 Å². The van der Waals surface area contributed by atoms with E-state index in [1.54, 1.807) is 0 Å². The molecule has 0 atom stereocenters. The quantitative estimate of drug-likeness (QED) is 0.487. The van der Waals surface area contributed by atoms with Crippen molar-refractivity contribution in [2.24, 2.45) is 0 Å². The Hall–Kier alpha value is -3.06. The summed E-state index contributed by atoms with van der Waals surface area (Å²) in [4.78, 5) is 12.2. The van der Waals surface area contributed by atoms with Crippen LogP contribution in [0, 0.1) is 25.2 Å². The van der Waals surface area contributed by atoms with Crippen LogP contribution in [0.4, 0.5) is 5.69 Å². The number of anilines is 1. The molecule has 4 nitrogen and oxygen atoms in total. The maximum Gasteiger partial charge on any atom is 0.267 e. The normalized spacial score (nSPS) is 10.8. The van der Waals surface area contributed by atoms with E-state index in [9.17, 15) is 10.1 Å². The van der Waals surface area contributed by atoms with E-state index in [0.29, 0.717) is 12.2 Å². The van der Waals surface area contributed by atoms with Crippen molar-refractivity contribution >= 4 is 11.6 Å². The molecule has 2 aromatic carbocycles. The zero-order valence-corrected chi connectivity index (χ0v) is 14.0. The molecule has 1 amide bonds. The molecule has 0 fully saturated rings. The van der Waals surface area contributed by atoms with Gasteiger partial charge in [-0.1, -0.05) is 42.5 Å². The van der Waals surface area contributed by atoms with Gasteiger partial charge in [0, 0.05) is 18.4 Å². The summed E-state index contributed by atoms with van der Waals surface area (Å²) in [5.74, 6) is -0.407. The largest absolute Gasteiger partial charge is 0.389 e. The molecule has 2 N–H and O–H groups in total. The van der Waals surface area contributed by atoms with Crippen molar-refractivity contribution in [1.29, 1.82) is 5.26 Å². The number of rotatable bonds is 6. The molecule has 0 bridgehead atoms. The highest BCUT2D eigenvalue weighted by atomic mass is 16.1. The molecule has 0 heterocycles. The molecule has 0 unspecified atom stereocenters. The van der Waals surface area contributed by atoms with Crippen LogP contribution < -0.4 is 10.6 Å². The summed E-state index contributed by atoms with van der Waals surface area (Å²) in [7, 11) is 0. The van der Waals surface area contributed by atoms with Crippen molar-refractivity contribution in [3.05, 3.63) is 77.0 Å². The van der Waals surface area contributed by atoms with Gasteiger partial charge < -0.3 is 10.6 Å². The number of benzene rings is 2. The Labute approximate surface area is 142 Å². The number of para-hydroxylation sites is 1. The molecule has 2 rings (SSSR count). The molecule has 4 heteroatoms. The van der Waals surface area contributed by atoms with Gasteiger partial charge in [-0.2, -0.15) is 5.26 Å². The van der Waals surface area contributed by atoms with Crippen LogP contribution in [0.5, 0.6) is 0 Å². The second-order valence-electron chi connectivity index (χ2n) is 5.57. The Kier molecular flexibility index (Phi) is 6.16. The van der Waals surface area contributed by atoms with Gasteiger partial charge in [0.25, 0.3) is 5.91 Å². The van der Waals surface area contributed by atoms with Crippen molar-refractivity contribution < 1.29 is 4.79 Å². The fourth-order valence-corrected chi connectivity index (χ4v) is 2.32. The average Bonchev–Trinajstić information content (AvgIpc) is 2.58. The van der Waals surface area contributed by atoms with Crippen LogP contribution in [0.1, 0.15) is 16.7 Å². The number of hydrogen-bond acceptors (Lipinski definition) is 3. The summed E-state index contributed by atoms with van der Waals surface area (Å²) in [6.45, 7) is 4.64. The number of hydrogen-bond donors (Lipinski definition) is 2. The number of nitrogens with zero attached hydrogens (tertiary/aromatic N) is 1. The lowest BCUT2D eigenvalue weighted by Crippen LogP contribution is -2.18. The first-order valence-corrected chi connectivity index (χ1v) is 7.87. The number of nitrogens with one attached hydrogen (secondary N) is 2. The molecule has 0 saturated carbocycles. The number of aryl methyl sites for hydroxylation is 2. The van der Waals surface area contributed by atoms with Crippen molar-refractivity contribution in [3.8, 4) is 6.07 Å². The predicted molar refractivity (Wildman–Crippen MR) is 96.4 cm³/mol. The minimum Gasteiger partial charge on any atom is -0.389 e. The van der Waals surface area contributed by atoms with E-state index in [2.05, 4.69) is 29.7 Å². The van der Waals surface area contributed by atoms with Crippen LogP contribution >= 0.6 is 0 Å². The molecule has 0 aliphatic rings. The summed E-state index contributed by atoms with van der Waals surface area (Å²) in [6, 6.07) is 17.6. The number of carbonyl (C=O) groups excluding carboxylic acids is 1. The summed E-state index contributed by atoms with van der Waals surface area (Å²) in [5, 5.41) is 15.0. The number of nitriles is 1. The van der Waals surface area contributed by atoms with E-state index >= 15 is 0 Å². The van der Waals surface area contributed by atoms with Crippen molar-refractivity contribution in [1.82, 2.24) is 5.32 Å². The molecule has 0 spiro atoms. The lowest BCUT2D eigenvalue weighted by atomic mass is 10.1. The van der Waals surface area contributed by atoms with Gasteiger partial charge in [0.15, 0.2) is 0 Å². The molecule has 122 valence electrons. The van der Waals surface area contributed by atoms with E-state index in [4.69, 9.17) is 0 Å². The Morgan fingerprint density at radius 3 is 2.42 bits per heavy atom. The Morgan fingerprint density at radius 2 is 1.75 bits per heavy atom. The van der Waals surface area contributed by atoms with Gasteiger partial charge in [-0.05, 0) is 43.0 Å². The topological polar surface area (TPSA) is 64.9 Å². The lowest BCUT2D eigenvalue weighted by molar-refractivity contribution is -0.112. The van der Waals surface area contributed by atoms with Crippen molar-refractivity contribution in [2.75, 3.05) is 11.9 Å². The van der Waals surface area contributed by atoms with Gasteiger partial charge in [0.1, 0.15) is 11.6 Å². The fraction of sp³-hybridized carbons (Fsp3) is 0.200. The van der Waals surface area contributed by atoms with E-state index < -0.39 is 5.91 Å². The summed E-state index contributed by atoms with van der Waals surface area (Å²) in [6.07, 6.45) is 2.31. The molecular formula is C20H21N3O. The molecular weight excluding hydrogens is 298 g/mol. The Balaban J connectivity index is 1.92. The van der Waals surface area contributed by atoms with Crippen LogP contribution in [-0.4, -0.2) is 12.5 Å². The van der Waals surface area contributed by atoms with E-state index in [1.807, 2.05) is 49.4 Å². The van der Waals surface area contributed by atoms with Crippen LogP contribution in [0.25, 0.3) is 0 Å². The van der Waals surface area contributed by atoms with Crippen LogP contribution in [-0.2, 0) is 11.2 Å². The average molecular weight is 319 g/mol. The minimum atomic E-state index is -0.407. The smallest absolute Gasteiger partial charge is 0.267 e. The van der Waals surface area contributed by atoms with Crippen LogP contribution in [0.2, 0.25) is 0 Å². The zero-order chi connectivity index (χ0) is 17.4. The first kappa shape index (κ1) is 17.3. The van der Waals surface area contributed by atoms with Crippen LogP contribution in [0.15, 0.2) is 60.3 Å². The highest BCUT2D eigenvalue weighted by molar-refractivity contribution is 6.06. The van der Waals surface area contributed by atoms with Crippen LogP contribution in [0.3, 0.4) is 0 Å². The molecule has 0 saturated heterocycles. The van der Waals surface area contributed by atoms with E-state index in [-0.39, 0.29) is 5.57 Å². The monoisotopic (exact) mass is 319 g/mol. The molecule has 2 aromatic rings. The number of amides is 1. The van der Waals surface area contributed by atoms with Gasteiger partial charge >= 0.3 is 0 Å². The van der Waals surface area contributed by atoms with Gasteiger partial charge in [-0.25, -0.2) is 0 Å². The lowest BCUT2D eigenvalue weighted by Gasteiger charge is -2.08. The Bertz CT molecular complexity index is 787.